The van der Waals surface area contributed by atoms with Gasteiger partial charge in [-0.3, -0.25) is 0 Å². The molecule has 17 heavy (non-hydrogen) atoms. The number of anilines is 1. The maximum Gasteiger partial charge on any atom is 0.148 e. The van der Waals surface area contributed by atoms with E-state index in [-0.39, 0.29) is 0 Å². The van der Waals surface area contributed by atoms with Crippen LogP contribution in [-0.2, 0) is 12.8 Å². The first kappa shape index (κ1) is 12.3. The van der Waals surface area contributed by atoms with Gasteiger partial charge in [0.1, 0.15) is 5.82 Å². The van der Waals surface area contributed by atoms with Gasteiger partial charge in [0.05, 0.1) is 5.69 Å². The largest absolute Gasteiger partial charge is 0.369 e. The summed E-state index contributed by atoms with van der Waals surface area (Å²) in [7, 11) is 0. The van der Waals surface area contributed by atoms with Gasteiger partial charge in [0, 0.05) is 6.54 Å². The van der Waals surface area contributed by atoms with Crippen molar-refractivity contribution >= 4 is 5.82 Å². The number of nitrogens with one attached hydrogen (secondary N) is 1. The van der Waals surface area contributed by atoms with Crippen LogP contribution < -0.4 is 5.32 Å². The van der Waals surface area contributed by atoms with Crippen LogP contribution in [-0.4, -0.2) is 16.7 Å². The molecule has 94 valence electrons. The molecule has 0 aliphatic heterocycles. The molecule has 1 aliphatic carbocycles. The van der Waals surface area contributed by atoms with Crippen molar-refractivity contribution in [2.75, 3.05) is 11.9 Å². The average Bonchev–Trinajstić information content (AvgIpc) is 2.27. The number of hydrogen-bond acceptors (Lipinski definition) is 3. The number of rotatable bonds is 2. The Labute approximate surface area is 104 Å². The highest BCUT2D eigenvalue weighted by Gasteiger charge is 2.29. The highest BCUT2D eigenvalue weighted by Crippen LogP contribution is 2.36. The fourth-order valence-corrected chi connectivity index (χ4v) is 2.53. The fraction of sp³-hybridized carbons (Fsp3) is 0.714. The molecule has 0 radical (unpaired) electrons. The van der Waals surface area contributed by atoms with Crippen molar-refractivity contribution in [3.05, 3.63) is 17.3 Å². The molecule has 0 saturated carbocycles. The van der Waals surface area contributed by atoms with Gasteiger partial charge in [0.25, 0.3) is 0 Å². The highest BCUT2D eigenvalue weighted by molar-refractivity contribution is 5.39. The zero-order valence-corrected chi connectivity index (χ0v) is 11.4. The number of nitrogens with zero attached hydrogens (tertiary/aromatic N) is 2. The zero-order valence-electron chi connectivity index (χ0n) is 11.4. The second-order valence-electron chi connectivity index (χ2n) is 6.04. The van der Waals surface area contributed by atoms with Gasteiger partial charge < -0.3 is 5.32 Å². The van der Waals surface area contributed by atoms with Crippen molar-refractivity contribution in [1.29, 1.82) is 0 Å². The molecule has 1 unspecified atom stereocenters. The molecule has 0 amide bonds. The van der Waals surface area contributed by atoms with E-state index in [1.807, 2.05) is 0 Å². The third-order valence-electron chi connectivity index (χ3n) is 3.74. The summed E-state index contributed by atoms with van der Waals surface area (Å²) in [6.07, 6.45) is 3.47. The summed E-state index contributed by atoms with van der Waals surface area (Å²) in [6, 6.07) is 2.18. The van der Waals surface area contributed by atoms with Crippen LogP contribution in [0.15, 0.2) is 6.07 Å². The number of aryl methyl sites for hydroxylation is 1. The quantitative estimate of drug-likeness (QED) is 0.853. The van der Waals surface area contributed by atoms with Crippen LogP contribution in [0.5, 0.6) is 0 Å². The smallest absolute Gasteiger partial charge is 0.148 e. The first-order chi connectivity index (χ1) is 8.00. The summed E-state index contributed by atoms with van der Waals surface area (Å²) in [5, 5.41) is 11.8. The lowest BCUT2D eigenvalue weighted by atomic mass is 9.72. The van der Waals surface area contributed by atoms with E-state index in [4.69, 9.17) is 0 Å². The van der Waals surface area contributed by atoms with Gasteiger partial charge in [-0.05, 0) is 49.1 Å². The summed E-state index contributed by atoms with van der Waals surface area (Å²) in [5.41, 5.74) is 2.98. The standard InChI is InChI=1S/C14H23N3/c1-5-15-13-9-10-8-11(14(2,3)4)6-7-12(10)16-17-13/h9,11H,5-8H2,1-4H3,(H,15,17). The van der Waals surface area contributed by atoms with Gasteiger partial charge in [-0.25, -0.2) is 0 Å². The molecule has 0 bridgehead atoms. The SMILES string of the molecule is CCNc1cc2c(nn1)CCC(C(C)(C)C)C2. The van der Waals surface area contributed by atoms with E-state index in [1.54, 1.807) is 0 Å². The van der Waals surface area contributed by atoms with E-state index in [2.05, 4.69) is 49.3 Å². The molecule has 3 nitrogen and oxygen atoms in total. The Morgan fingerprint density at radius 2 is 2.12 bits per heavy atom. The van der Waals surface area contributed by atoms with Crippen molar-refractivity contribution in [3.8, 4) is 0 Å². The van der Waals surface area contributed by atoms with Crippen LogP contribution in [0.25, 0.3) is 0 Å². The van der Waals surface area contributed by atoms with E-state index in [9.17, 15) is 0 Å². The Kier molecular flexibility index (Phi) is 3.36. The molecule has 0 spiro atoms. The van der Waals surface area contributed by atoms with Gasteiger partial charge in [-0.1, -0.05) is 20.8 Å². The molecule has 1 N–H and O–H groups in total. The summed E-state index contributed by atoms with van der Waals surface area (Å²) >= 11 is 0. The molecule has 0 saturated heterocycles. The van der Waals surface area contributed by atoms with E-state index in [0.29, 0.717) is 5.41 Å². The van der Waals surface area contributed by atoms with Crippen molar-refractivity contribution in [1.82, 2.24) is 10.2 Å². The topological polar surface area (TPSA) is 37.8 Å². The fourth-order valence-electron chi connectivity index (χ4n) is 2.53. The molecular formula is C14H23N3. The molecule has 0 fully saturated rings. The Morgan fingerprint density at radius 1 is 1.35 bits per heavy atom. The summed E-state index contributed by atoms with van der Waals surface area (Å²) < 4.78 is 0. The van der Waals surface area contributed by atoms with Crippen molar-refractivity contribution in [2.45, 2.75) is 47.0 Å². The first-order valence-corrected chi connectivity index (χ1v) is 6.60. The number of aromatic nitrogens is 2. The molecule has 1 aliphatic rings. The number of hydrogen-bond donors (Lipinski definition) is 1. The molecule has 0 aromatic carbocycles. The average molecular weight is 233 g/mol. The van der Waals surface area contributed by atoms with E-state index in [0.717, 1.165) is 31.1 Å². The van der Waals surface area contributed by atoms with Gasteiger partial charge >= 0.3 is 0 Å². The second-order valence-corrected chi connectivity index (χ2v) is 6.04. The highest BCUT2D eigenvalue weighted by atomic mass is 15.2. The molecule has 1 aromatic rings. The predicted molar refractivity (Wildman–Crippen MR) is 71.2 cm³/mol. The maximum absolute atomic E-state index is 4.34. The Morgan fingerprint density at radius 3 is 2.76 bits per heavy atom. The van der Waals surface area contributed by atoms with Crippen LogP contribution in [0.1, 0.15) is 45.4 Å². The van der Waals surface area contributed by atoms with Crippen molar-refractivity contribution in [3.63, 3.8) is 0 Å². The molecule has 1 aromatic heterocycles. The lowest BCUT2D eigenvalue weighted by molar-refractivity contribution is 0.214. The van der Waals surface area contributed by atoms with Crippen LogP contribution in [0.4, 0.5) is 5.82 Å². The molecule has 1 atom stereocenters. The van der Waals surface area contributed by atoms with E-state index >= 15 is 0 Å². The Hall–Kier alpha value is -1.12. The second kappa shape index (κ2) is 4.63. The normalized spacial score (nSPS) is 19.9. The summed E-state index contributed by atoms with van der Waals surface area (Å²) in [5.74, 6) is 1.68. The van der Waals surface area contributed by atoms with Gasteiger partial charge in [-0.2, -0.15) is 5.10 Å². The van der Waals surface area contributed by atoms with Crippen molar-refractivity contribution in [2.24, 2.45) is 11.3 Å². The minimum Gasteiger partial charge on any atom is -0.369 e. The van der Waals surface area contributed by atoms with Gasteiger partial charge in [-0.15, -0.1) is 5.10 Å². The van der Waals surface area contributed by atoms with E-state index < -0.39 is 0 Å². The predicted octanol–water partition coefficient (Wildman–Crippen LogP) is 3.06. The third kappa shape index (κ3) is 2.76. The molecule has 1 heterocycles. The summed E-state index contributed by atoms with van der Waals surface area (Å²) in [6.45, 7) is 9.99. The molecule has 2 rings (SSSR count). The summed E-state index contributed by atoms with van der Waals surface area (Å²) in [4.78, 5) is 0. The number of fused-ring (bicyclic) bond motifs is 1. The van der Waals surface area contributed by atoms with Crippen molar-refractivity contribution < 1.29 is 0 Å². The monoisotopic (exact) mass is 233 g/mol. The lowest BCUT2D eigenvalue weighted by Gasteiger charge is -2.34. The Balaban J connectivity index is 2.20. The van der Waals surface area contributed by atoms with E-state index in [1.165, 1.54) is 17.7 Å². The van der Waals surface area contributed by atoms with Crippen LogP contribution in [0, 0.1) is 11.3 Å². The third-order valence-corrected chi connectivity index (χ3v) is 3.74. The lowest BCUT2D eigenvalue weighted by Crippen LogP contribution is -2.27. The van der Waals surface area contributed by atoms with Crippen LogP contribution >= 0.6 is 0 Å². The van der Waals surface area contributed by atoms with Crippen LogP contribution in [0.2, 0.25) is 0 Å². The minimum absolute atomic E-state index is 0.388. The van der Waals surface area contributed by atoms with Gasteiger partial charge in [0.2, 0.25) is 0 Å². The Bertz CT molecular complexity index is 393. The molecule has 3 heteroatoms. The molecular weight excluding hydrogens is 210 g/mol. The first-order valence-electron chi connectivity index (χ1n) is 6.60. The van der Waals surface area contributed by atoms with Gasteiger partial charge in [0.15, 0.2) is 0 Å². The van der Waals surface area contributed by atoms with Crippen LogP contribution in [0.3, 0.4) is 0 Å². The minimum atomic E-state index is 0.388. The maximum atomic E-state index is 4.34. The zero-order chi connectivity index (χ0) is 12.5.